The van der Waals surface area contributed by atoms with Crippen molar-refractivity contribution in [2.24, 2.45) is 0 Å². The lowest BCUT2D eigenvalue weighted by atomic mass is 10.4. The topological polar surface area (TPSA) is 67.0 Å². The van der Waals surface area contributed by atoms with Gasteiger partial charge in [-0.25, -0.2) is 0 Å². The highest BCUT2D eigenvalue weighted by Crippen LogP contribution is 2.49. The van der Waals surface area contributed by atoms with Gasteiger partial charge in [0.2, 0.25) is 0 Å². The van der Waals surface area contributed by atoms with Crippen LogP contribution in [0.4, 0.5) is 0 Å². The van der Waals surface area contributed by atoms with Gasteiger partial charge in [0.1, 0.15) is 0 Å². The molecule has 0 aromatic rings. The second kappa shape index (κ2) is 18.1. The molecule has 120 valence electrons. The van der Waals surface area contributed by atoms with E-state index < -0.39 is 7.60 Å². The van der Waals surface area contributed by atoms with Crippen LogP contribution in [-0.4, -0.2) is 24.9 Å². The van der Waals surface area contributed by atoms with E-state index in [9.17, 15) is 4.57 Å². The molecule has 0 radical (unpaired) electrons. The average molecular weight is 298 g/mol. The molecule has 0 fully saturated rings. The van der Waals surface area contributed by atoms with E-state index >= 15 is 0 Å². The second-order valence-corrected chi connectivity index (χ2v) is 6.25. The van der Waals surface area contributed by atoms with Gasteiger partial charge in [-0.1, -0.05) is 53.9 Å². The van der Waals surface area contributed by atoms with Gasteiger partial charge in [-0.2, -0.15) is 0 Å². The van der Waals surface area contributed by atoms with E-state index in [0.29, 0.717) is 19.4 Å². The van der Waals surface area contributed by atoms with E-state index in [1.165, 1.54) is 0 Å². The summed E-state index contributed by atoms with van der Waals surface area (Å²) in [5.41, 5.74) is 0. The van der Waals surface area contributed by atoms with Crippen LogP contribution in [0.25, 0.3) is 0 Å². The Morgan fingerprint density at radius 2 is 1.16 bits per heavy atom. The molecule has 0 aliphatic rings. The molecule has 0 amide bonds. The molecule has 0 heterocycles. The smallest absolute Gasteiger partial charge is 0.330 e. The summed E-state index contributed by atoms with van der Waals surface area (Å²) >= 11 is 0. The van der Waals surface area contributed by atoms with Crippen LogP contribution in [0.3, 0.4) is 0 Å². The Labute approximate surface area is 120 Å². The first-order valence-corrected chi connectivity index (χ1v) is 9.29. The summed E-state index contributed by atoms with van der Waals surface area (Å²) in [6, 6.07) is 0. The van der Waals surface area contributed by atoms with Crippen LogP contribution in [0.1, 0.15) is 73.1 Å². The first-order chi connectivity index (χ1) is 8.68. The van der Waals surface area contributed by atoms with Crippen molar-refractivity contribution < 1.29 is 19.1 Å². The lowest BCUT2D eigenvalue weighted by Gasteiger charge is -2.18. The predicted octanol–water partition coefficient (Wildman–Crippen LogP) is 4.81. The van der Waals surface area contributed by atoms with E-state index in [4.69, 9.17) is 9.05 Å². The normalized spacial score (nSPS) is 10.4. The minimum absolute atomic E-state index is 0. The standard InChI is InChI=1S/C12H27O3P.C2H6.H2O/c1-4-7-10-14-16(13,12-9-6-3)15-11-8-5-2;1-2;/h4-12H2,1-3H3;1-2H3;1H2. The summed E-state index contributed by atoms with van der Waals surface area (Å²) in [6.45, 7) is 11.4. The van der Waals surface area contributed by atoms with E-state index in [0.717, 1.165) is 38.5 Å². The van der Waals surface area contributed by atoms with E-state index in [2.05, 4.69) is 20.8 Å². The van der Waals surface area contributed by atoms with Gasteiger partial charge in [-0.05, 0) is 19.3 Å². The molecule has 0 atom stereocenters. The van der Waals surface area contributed by atoms with Gasteiger partial charge in [0, 0.05) is 0 Å². The van der Waals surface area contributed by atoms with E-state index in [-0.39, 0.29) is 5.48 Å². The van der Waals surface area contributed by atoms with Crippen molar-refractivity contribution in [3.8, 4) is 0 Å². The monoisotopic (exact) mass is 298 g/mol. The molecule has 0 aliphatic carbocycles. The van der Waals surface area contributed by atoms with Crippen LogP contribution in [0.2, 0.25) is 0 Å². The second-order valence-electron chi connectivity index (χ2n) is 4.06. The van der Waals surface area contributed by atoms with Crippen molar-refractivity contribution in [2.45, 2.75) is 73.1 Å². The summed E-state index contributed by atoms with van der Waals surface area (Å²) in [4.78, 5) is 0. The molecule has 5 heteroatoms. The highest BCUT2D eigenvalue weighted by molar-refractivity contribution is 7.53. The molecule has 0 unspecified atom stereocenters. The number of unbranched alkanes of at least 4 members (excludes halogenated alkanes) is 3. The molecule has 0 aromatic heterocycles. The third-order valence-corrected chi connectivity index (χ3v) is 4.37. The molecule has 19 heavy (non-hydrogen) atoms. The lowest BCUT2D eigenvalue weighted by molar-refractivity contribution is 0.199. The number of rotatable bonds is 11. The zero-order chi connectivity index (χ0) is 14.3. The molecule has 0 saturated heterocycles. The predicted molar refractivity (Wildman–Crippen MR) is 84.1 cm³/mol. The molecule has 0 saturated carbocycles. The third-order valence-electron chi connectivity index (χ3n) is 2.36. The number of hydrogen-bond acceptors (Lipinski definition) is 3. The minimum atomic E-state index is -2.80. The van der Waals surface area contributed by atoms with E-state index in [1.807, 2.05) is 13.8 Å². The summed E-state index contributed by atoms with van der Waals surface area (Å²) < 4.78 is 23.2. The van der Waals surface area contributed by atoms with Crippen LogP contribution in [0.15, 0.2) is 0 Å². The Hall–Kier alpha value is 0.110. The Balaban J connectivity index is -0.000000809. The van der Waals surface area contributed by atoms with Crippen molar-refractivity contribution in [1.82, 2.24) is 0 Å². The Kier molecular flexibility index (Phi) is 23.0. The molecular weight excluding hydrogens is 263 g/mol. The summed E-state index contributed by atoms with van der Waals surface area (Å²) in [7, 11) is -2.80. The van der Waals surface area contributed by atoms with Crippen molar-refractivity contribution in [2.75, 3.05) is 19.4 Å². The number of hydrogen-bond donors (Lipinski definition) is 0. The Morgan fingerprint density at radius 1 is 0.789 bits per heavy atom. The van der Waals surface area contributed by atoms with Gasteiger partial charge in [0.05, 0.1) is 19.4 Å². The Bertz CT molecular complexity index is 184. The largest absolute Gasteiger partial charge is 0.412 e. The highest BCUT2D eigenvalue weighted by atomic mass is 31.2. The maximum absolute atomic E-state index is 12.3. The van der Waals surface area contributed by atoms with Gasteiger partial charge in [0.25, 0.3) is 0 Å². The molecule has 4 nitrogen and oxygen atoms in total. The molecule has 0 aromatic carbocycles. The Morgan fingerprint density at radius 3 is 1.47 bits per heavy atom. The highest BCUT2D eigenvalue weighted by Gasteiger charge is 2.23. The van der Waals surface area contributed by atoms with Gasteiger partial charge in [0.15, 0.2) is 0 Å². The zero-order valence-electron chi connectivity index (χ0n) is 13.5. The van der Waals surface area contributed by atoms with Crippen LogP contribution >= 0.6 is 7.60 Å². The van der Waals surface area contributed by atoms with Crippen molar-refractivity contribution >= 4 is 7.60 Å². The lowest BCUT2D eigenvalue weighted by Crippen LogP contribution is -2.03. The minimum Gasteiger partial charge on any atom is -0.412 e. The summed E-state index contributed by atoms with van der Waals surface area (Å²) in [6.07, 6.45) is 6.52. The fourth-order valence-corrected chi connectivity index (χ4v) is 3.06. The molecule has 2 N–H and O–H groups in total. The average Bonchev–Trinajstić information content (AvgIpc) is 2.40. The molecular formula is C14H35O4P. The quantitative estimate of drug-likeness (QED) is 0.406. The SMILES string of the molecule is CC.CCCCOP(=O)(CCCC)OCCCC.O. The maximum Gasteiger partial charge on any atom is 0.330 e. The van der Waals surface area contributed by atoms with Gasteiger partial charge >= 0.3 is 7.60 Å². The van der Waals surface area contributed by atoms with Gasteiger partial charge in [-0.3, -0.25) is 4.57 Å². The molecule has 0 rings (SSSR count). The first kappa shape index (κ1) is 24.1. The van der Waals surface area contributed by atoms with Crippen LogP contribution in [-0.2, 0) is 13.6 Å². The van der Waals surface area contributed by atoms with Crippen molar-refractivity contribution in [3.05, 3.63) is 0 Å². The van der Waals surface area contributed by atoms with Crippen LogP contribution in [0, 0.1) is 0 Å². The van der Waals surface area contributed by atoms with Crippen LogP contribution in [0.5, 0.6) is 0 Å². The molecule has 0 bridgehead atoms. The fourth-order valence-electron chi connectivity index (χ4n) is 1.21. The van der Waals surface area contributed by atoms with Crippen molar-refractivity contribution in [1.29, 1.82) is 0 Å². The first-order valence-electron chi connectivity index (χ1n) is 7.56. The van der Waals surface area contributed by atoms with Crippen LogP contribution < -0.4 is 0 Å². The third kappa shape index (κ3) is 16.1. The van der Waals surface area contributed by atoms with Crippen molar-refractivity contribution in [3.63, 3.8) is 0 Å². The van der Waals surface area contributed by atoms with E-state index in [1.54, 1.807) is 0 Å². The summed E-state index contributed by atoms with van der Waals surface area (Å²) in [5, 5.41) is 0. The maximum atomic E-state index is 12.3. The fraction of sp³-hybridized carbons (Fsp3) is 1.00. The summed E-state index contributed by atoms with van der Waals surface area (Å²) in [5.74, 6) is 0. The zero-order valence-corrected chi connectivity index (χ0v) is 14.4. The van der Waals surface area contributed by atoms with Gasteiger partial charge < -0.3 is 14.5 Å². The van der Waals surface area contributed by atoms with Gasteiger partial charge in [-0.15, -0.1) is 0 Å². The molecule has 0 spiro atoms. The molecule has 0 aliphatic heterocycles.